The molecule has 1 aromatic heterocycles. The summed E-state index contributed by atoms with van der Waals surface area (Å²) < 4.78 is 6.14. The Labute approximate surface area is 144 Å². The van der Waals surface area contributed by atoms with Gasteiger partial charge in [-0.2, -0.15) is 0 Å². The number of hydrogen-bond donors (Lipinski definition) is 1. The number of carbonyl (C=O) groups excluding carboxylic acids is 2. The standard InChI is InChI=1S/C19H17NO3S/c1-13(14-7-3-2-4-8-14)20-18(21)12-23-19(22)17-11-15-9-5-6-10-16(15)24-17/h2-11,13H,12H2,1H3,(H,20,21)/t13-/m1/s1. The molecule has 0 radical (unpaired) electrons. The highest BCUT2D eigenvalue weighted by atomic mass is 32.1. The van der Waals surface area contributed by atoms with Crippen LogP contribution in [-0.2, 0) is 9.53 Å². The third kappa shape index (κ3) is 3.81. The number of fused-ring (bicyclic) bond motifs is 1. The highest BCUT2D eigenvalue weighted by molar-refractivity contribution is 7.20. The second-order valence-corrected chi connectivity index (χ2v) is 6.51. The van der Waals surface area contributed by atoms with Crippen molar-refractivity contribution in [1.29, 1.82) is 0 Å². The Morgan fingerprint density at radius 1 is 1.08 bits per heavy atom. The van der Waals surface area contributed by atoms with Crippen molar-refractivity contribution in [2.45, 2.75) is 13.0 Å². The van der Waals surface area contributed by atoms with Gasteiger partial charge in [-0.1, -0.05) is 48.5 Å². The van der Waals surface area contributed by atoms with Crippen molar-refractivity contribution in [1.82, 2.24) is 5.32 Å². The molecule has 24 heavy (non-hydrogen) atoms. The number of ether oxygens (including phenoxy) is 1. The number of nitrogens with one attached hydrogen (secondary N) is 1. The lowest BCUT2D eigenvalue weighted by Crippen LogP contribution is -2.31. The van der Waals surface area contributed by atoms with Gasteiger partial charge in [0.15, 0.2) is 6.61 Å². The Balaban J connectivity index is 1.55. The van der Waals surface area contributed by atoms with Crippen LogP contribution < -0.4 is 5.32 Å². The zero-order valence-corrected chi connectivity index (χ0v) is 14.0. The van der Waals surface area contributed by atoms with Gasteiger partial charge in [0.05, 0.1) is 6.04 Å². The molecule has 1 heterocycles. The van der Waals surface area contributed by atoms with Gasteiger partial charge in [0.2, 0.25) is 0 Å². The van der Waals surface area contributed by atoms with E-state index in [1.807, 2.05) is 61.5 Å². The average molecular weight is 339 g/mol. The minimum Gasteiger partial charge on any atom is -0.451 e. The van der Waals surface area contributed by atoms with E-state index in [0.29, 0.717) is 4.88 Å². The molecule has 0 aliphatic carbocycles. The predicted octanol–water partition coefficient (Wildman–Crippen LogP) is 3.94. The minimum atomic E-state index is -0.473. The smallest absolute Gasteiger partial charge is 0.348 e. The topological polar surface area (TPSA) is 55.4 Å². The van der Waals surface area contributed by atoms with E-state index in [1.165, 1.54) is 11.3 Å². The van der Waals surface area contributed by atoms with Gasteiger partial charge in [0, 0.05) is 4.70 Å². The molecule has 0 spiro atoms. The number of hydrogen-bond acceptors (Lipinski definition) is 4. The van der Waals surface area contributed by atoms with Gasteiger partial charge in [-0.3, -0.25) is 4.79 Å². The van der Waals surface area contributed by atoms with Gasteiger partial charge in [-0.15, -0.1) is 11.3 Å². The fraction of sp³-hybridized carbons (Fsp3) is 0.158. The van der Waals surface area contributed by atoms with E-state index in [1.54, 1.807) is 6.07 Å². The maximum atomic E-state index is 12.1. The van der Waals surface area contributed by atoms with Gasteiger partial charge >= 0.3 is 5.97 Å². The number of thiophene rings is 1. The van der Waals surface area contributed by atoms with Crippen LogP contribution in [0.1, 0.15) is 28.2 Å². The third-order valence-corrected chi connectivity index (χ3v) is 4.73. The predicted molar refractivity (Wildman–Crippen MR) is 95.1 cm³/mol. The van der Waals surface area contributed by atoms with E-state index in [-0.39, 0.29) is 18.6 Å². The Hall–Kier alpha value is -2.66. The van der Waals surface area contributed by atoms with Crippen molar-refractivity contribution < 1.29 is 14.3 Å². The number of amides is 1. The van der Waals surface area contributed by atoms with Crippen molar-refractivity contribution in [3.63, 3.8) is 0 Å². The highest BCUT2D eigenvalue weighted by Crippen LogP contribution is 2.25. The zero-order chi connectivity index (χ0) is 16.9. The van der Waals surface area contributed by atoms with Crippen LogP contribution in [-0.4, -0.2) is 18.5 Å². The van der Waals surface area contributed by atoms with Crippen LogP contribution >= 0.6 is 11.3 Å². The fourth-order valence-corrected chi connectivity index (χ4v) is 3.35. The Bertz CT molecular complexity index is 824. The summed E-state index contributed by atoms with van der Waals surface area (Å²) in [6.45, 7) is 1.60. The van der Waals surface area contributed by atoms with Crippen LogP contribution in [0.15, 0.2) is 60.7 Å². The quantitative estimate of drug-likeness (QED) is 0.717. The van der Waals surface area contributed by atoms with E-state index < -0.39 is 5.97 Å². The van der Waals surface area contributed by atoms with Crippen molar-refractivity contribution in [3.8, 4) is 0 Å². The average Bonchev–Trinajstić information content (AvgIpc) is 3.04. The molecule has 122 valence electrons. The van der Waals surface area contributed by atoms with Crippen molar-refractivity contribution in [3.05, 3.63) is 71.1 Å². The second kappa shape index (κ2) is 7.27. The highest BCUT2D eigenvalue weighted by Gasteiger charge is 2.15. The van der Waals surface area contributed by atoms with Crippen molar-refractivity contribution in [2.75, 3.05) is 6.61 Å². The van der Waals surface area contributed by atoms with Gasteiger partial charge in [0.25, 0.3) is 5.91 Å². The van der Waals surface area contributed by atoms with Crippen LogP contribution in [0.2, 0.25) is 0 Å². The Morgan fingerprint density at radius 3 is 2.54 bits per heavy atom. The molecular weight excluding hydrogens is 322 g/mol. The van der Waals surface area contributed by atoms with Gasteiger partial charge < -0.3 is 10.1 Å². The van der Waals surface area contributed by atoms with Gasteiger partial charge in [-0.25, -0.2) is 4.79 Å². The molecule has 0 saturated carbocycles. The first-order chi connectivity index (χ1) is 11.6. The molecule has 0 unspecified atom stereocenters. The van der Waals surface area contributed by atoms with E-state index in [2.05, 4.69) is 5.32 Å². The fourth-order valence-electron chi connectivity index (χ4n) is 2.39. The van der Waals surface area contributed by atoms with Crippen LogP contribution in [0.4, 0.5) is 0 Å². The summed E-state index contributed by atoms with van der Waals surface area (Å²) in [4.78, 5) is 24.5. The summed E-state index contributed by atoms with van der Waals surface area (Å²) >= 11 is 1.36. The maximum absolute atomic E-state index is 12.1. The Kier molecular flexibility index (Phi) is 4.91. The summed E-state index contributed by atoms with van der Waals surface area (Å²) in [5.41, 5.74) is 1.00. The van der Waals surface area contributed by atoms with Gasteiger partial charge in [0.1, 0.15) is 4.88 Å². The molecule has 5 heteroatoms. The first-order valence-electron chi connectivity index (χ1n) is 7.63. The lowest BCUT2D eigenvalue weighted by molar-refractivity contribution is -0.124. The zero-order valence-electron chi connectivity index (χ0n) is 13.2. The number of rotatable bonds is 5. The second-order valence-electron chi connectivity index (χ2n) is 5.42. The normalized spacial score (nSPS) is 11.9. The maximum Gasteiger partial charge on any atom is 0.348 e. The molecule has 2 aromatic carbocycles. The van der Waals surface area contributed by atoms with Crippen LogP contribution in [0.25, 0.3) is 10.1 Å². The van der Waals surface area contributed by atoms with Crippen molar-refractivity contribution >= 4 is 33.3 Å². The summed E-state index contributed by atoms with van der Waals surface area (Å²) in [6, 6.07) is 19.0. The molecule has 1 atom stereocenters. The van der Waals surface area contributed by atoms with E-state index >= 15 is 0 Å². The van der Waals surface area contributed by atoms with Crippen LogP contribution in [0, 0.1) is 0 Å². The summed E-state index contributed by atoms with van der Waals surface area (Å²) in [6.07, 6.45) is 0. The lowest BCUT2D eigenvalue weighted by atomic mass is 10.1. The van der Waals surface area contributed by atoms with E-state index in [4.69, 9.17) is 4.74 Å². The molecule has 0 bridgehead atoms. The van der Waals surface area contributed by atoms with Gasteiger partial charge in [-0.05, 0) is 30.0 Å². The third-order valence-electron chi connectivity index (χ3n) is 3.64. The first-order valence-corrected chi connectivity index (χ1v) is 8.45. The molecule has 3 aromatic rings. The molecule has 3 rings (SSSR count). The largest absolute Gasteiger partial charge is 0.451 e. The molecular formula is C19H17NO3S. The SMILES string of the molecule is C[C@@H](NC(=O)COC(=O)c1cc2ccccc2s1)c1ccccc1. The Morgan fingerprint density at radius 2 is 1.79 bits per heavy atom. The number of carbonyl (C=O) groups is 2. The lowest BCUT2D eigenvalue weighted by Gasteiger charge is -2.14. The van der Waals surface area contributed by atoms with Crippen LogP contribution in [0.5, 0.6) is 0 Å². The molecule has 1 N–H and O–H groups in total. The molecule has 0 aliphatic rings. The van der Waals surface area contributed by atoms with E-state index in [0.717, 1.165) is 15.6 Å². The van der Waals surface area contributed by atoms with Crippen molar-refractivity contribution in [2.24, 2.45) is 0 Å². The molecule has 0 saturated heterocycles. The molecule has 0 aliphatic heterocycles. The number of esters is 1. The van der Waals surface area contributed by atoms with E-state index in [9.17, 15) is 9.59 Å². The summed E-state index contributed by atoms with van der Waals surface area (Å²) in [5.74, 6) is -0.792. The number of benzene rings is 2. The van der Waals surface area contributed by atoms with Crippen LogP contribution in [0.3, 0.4) is 0 Å². The molecule has 1 amide bonds. The summed E-state index contributed by atoms with van der Waals surface area (Å²) in [5, 5.41) is 3.81. The molecule has 4 nitrogen and oxygen atoms in total. The minimum absolute atomic E-state index is 0.137. The monoisotopic (exact) mass is 339 g/mol. The summed E-state index contributed by atoms with van der Waals surface area (Å²) in [7, 11) is 0. The first kappa shape index (κ1) is 16.2. The molecule has 0 fully saturated rings.